The van der Waals surface area contributed by atoms with Gasteiger partial charge in [-0.3, -0.25) is 0 Å². The summed E-state index contributed by atoms with van der Waals surface area (Å²) in [6.45, 7) is 4.03. The third-order valence-corrected chi connectivity index (χ3v) is 5.17. The number of nitriles is 1. The number of carbonyl (C=O) groups excluding carboxylic acids is 1. The quantitative estimate of drug-likeness (QED) is 0.382. The van der Waals surface area contributed by atoms with Gasteiger partial charge in [0.05, 0.1) is 20.6 Å². The first-order valence-electron chi connectivity index (χ1n) is 6.16. The number of rotatable bonds is 3. The molecule has 0 unspecified atom stereocenters. The lowest BCUT2D eigenvalue weighted by atomic mass is 10.2. The molecule has 2 rings (SSSR count). The van der Waals surface area contributed by atoms with Crippen molar-refractivity contribution in [3.63, 3.8) is 0 Å². The summed E-state index contributed by atoms with van der Waals surface area (Å²) in [5, 5.41) is 28.7. The van der Waals surface area contributed by atoms with Crippen LogP contribution < -0.4 is 0 Å². The molecule has 1 aliphatic rings. The molecule has 0 saturated heterocycles. The van der Waals surface area contributed by atoms with Crippen molar-refractivity contribution in [2.75, 3.05) is 6.61 Å². The minimum absolute atomic E-state index is 0.00291. The number of ether oxygens (including phenoxy) is 1. The number of hydrogen-bond acceptors (Lipinski definition) is 7. The van der Waals surface area contributed by atoms with Gasteiger partial charge in [0.15, 0.2) is 5.57 Å². The molecule has 1 aromatic carbocycles. The van der Waals surface area contributed by atoms with Gasteiger partial charge < -0.3 is 14.9 Å². The summed E-state index contributed by atoms with van der Waals surface area (Å²) in [5.74, 6) is -0.507. The van der Waals surface area contributed by atoms with Crippen LogP contribution in [0.2, 0.25) is 0 Å². The number of carbonyl (C=O) groups is 1. The van der Waals surface area contributed by atoms with Crippen molar-refractivity contribution in [2.24, 2.45) is 5.92 Å². The summed E-state index contributed by atoms with van der Waals surface area (Å²) in [6.07, 6.45) is 0. The van der Waals surface area contributed by atoms with Crippen LogP contribution >= 0.6 is 23.5 Å². The topological polar surface area (TPSA) is 90.6 Å². The number of benzene rings is 1. The van der Waals surface area contributed by atoms with E-state index >= 15 is 0 Å². The van der Waals surface area contributed by atoms with Crippen LogP contribution in [0.5, 0.6) is 11.5 Å². The maximum absolute atomic E-state index is 11.9. The van der Waals surface area contributed by atoms with E-state index in [0.29, 0.717) is 14.0 Å². The third kappa shape index (κ3) is 3.28. The van der Waals surface area contributed by atoms with Gasteiger partial charge in [-0.25, -0.2) is 4.79 Å². The molecule has 0 bridgehead atoms. The van der Waals surface area contributed by atoms with Crippen molar-refractivity contribution in [3.8, 4) is 17.6 Å². The number of hydrogen-bond donors (Lipinski definition) is 2. The van der Waals surface area contributed by atoms with Crippen molar-refractivity contribution in [1.82, 2.24) is 0 Å². The predicted molar refractivity (Wildman–Crippen MR) is 79.9 cm³/mol. The molecule has 0 atom stereocenters. The molecule has 5 nitrogen and oxygen atoms in total. The van der Waals surface area contributed by atoms with E-state index in [1.807, 2.05) is 19.9 Å². The van der Waals surface area contributed by atoms with E-state index in [1.54, 1.807) is 0 Å². The number of aromatic hydroxyl groups is 2. The van der Waals surface area contributed by atoms with Gasteiger partial charge in [-0.1, -0.05) is 37.4 Å². The summed E-state index contributed by atoms with van der Waals surface area (Å²) in [5.41, 5.74) is -0.111. The van der Waals surface area contributed by atoms with Gasteiger partial charge in [0.2, 0.25) is 0 Å². The van der Waals surface area contributed by atoms with Crippen LogP contribution in [0.4, 0.5) is 0 Å². The summed E-state index contributed by atoms with van der Waals surface area (Å²) >= 11 is 2.16. The van der Waals surface area contributed by atoms with Gasteiger partial charge >= 0.3 is 5.97 Å². The van der Waals surface area contributed by atoms with Gasteiger partial charge in [-0.15, -0.1) is 0 Å². The normalized spacial score (nSPS) is 13.0. The van der Waals surface area contributed by atoms with E-state index in [2.05, 4.69) is 0 Å². The Balaban J connectivity index is 2.29. The molecular formula is C14H13NO4S2. The summed E-state index contributed by atoms with van der Waals surface area (Å²) in [4.78, 5) is 12.8. The molecule has 0 radical (unpaired) electrons. The Labute approximate surface area is 130 Å². The Hall–Kier alpha value is -1.78. The molecule has 21 heavy (non-hydrogen) atoms. The average Bonchev–Trinajstić information content (AvgIpc) is 2.87. The average molecular weight is 323 g/mol. The number of fused-ring (bicyclic) bond motifs is 1. The molecule has 7 heteroatoms. The smallest absolute Gasteiger partial charge is 0.350 e. The lowest BCUT2D eigenvalue weighted by Crippen LogP contribution is -2.12. The number of phenolic OH excluding ortho intramolecular Hbond substituents is 2. The van der Waals surface area contributed by atoms with Crippen LogP contribution in [0, 0.1) is 17.2 Å². The standard InChI is InChI=1S/C14H13NO4S2/c1-7(2)6-19-13(18)8(5-15)14-20-11-9(16)3-4-10(17)12(11)21-14/h3-4,7,16-17H,6H2,1-2H3. The predicted octanol–water partition coefficient (Wildman–Crippen LogP) is 3.23. The van der Waals surface area contributed by atoms with Gasteiger partial charge in [-0.05, 0) is 18.1 Å². The fourth-order valence-corrected chi connectivity index (χ4v) is 4.03. The van der Waals surface area contributed by atoms with Crippen molar-refractivity contribution >= 4 is 29.5 Å². The van der Waals surface area contributed by atoms with Crippen LogP contribution in [-0.4, -0.2) is 22.8 Å². The van der Waals surface area contributed by atoms with Gasteiger partial charge in [-0.2, -0.15) is 5.26 Å². The third-order valence-electron chi connectivity index (χ3n) is 2.53. The van der Waals surface area contributed by atoms with Crippen LogP contribution in [0.15, 0.2) is 31.7 Å². The molecule has 0 fully saturated rings. The second-order valence-corrected chi connectivity index (χ2v) is 7.03. The Kier molecular flexibility index (Phi) is 4.70. The van der Waals surface area contributed by atoms with Crippen molar-refractivity contribution in [2.45, 2.75) is 23.6 Å². The number of thioether (sulfide) groups is 2. The first-order chi connectivity index (χ1) is 9.93. The van der Waals surface area contributed by atoms with E-state index in [4.69, 9.17) is 4.74 Å². The molecule has 0 amide bonds. The molecule has 0 aromatic heterocycles. The van der Waals surface area contributed by atoms with Crippen LogP contribution in [0.1, 0.15) is 13.8 Å². The highest BCUT2D eigenvalue weighted by Crippen LogP contribution is 2.58. The second-order valence-electron chi connectivity index (χ2n) is 4.73. The molecule has 0 spiro atoms. The van der Waals surface area contributed by atoms with Gasteiger partial charge in [0.1, 0.15) is 17.6 Å². The van der Waals surface area contributed by atoms with E-state index in [0.717, 1.165) is 23.5 Å². The van der Waals surface area contributed by atoms with E-state index in [-0.39, 0.29) is 29.6 Å². The summed E-state index contributed by atoms with van der Waals surface area (Å²) in [6, 6.07) is 4.58. The maximum atomic E-state index is 11.9. The van der Waals surface area contributed by atoms with E-state index < -0.39 is 5.97 Å². The Morgan fingerprint density at radius 1 is 1.29 bits per heavy atom. The molecule has 0 saturated carbocycles. The zero-order chi connectivity index (χ0) is 15.6. The monoisotopic (exact) mass is 323 g/mol. The fourth-order valence-electron chi connectivity index (χ4n) is 1.54. The lowest BCUT2D eigenvalue weighted by molar-refractivity contribution is -0.139. The van der Waals surface area contributed by atoms with Gasteiger partial charge in [0, 0.05) is 0 Å². The van der Waals surface area contributed by atoms with Crippen molar-refractivity contribution in [1.29, 1.82) is 5.26 Å². The maximum Gasteiger partial charge on any atom is 0.350 e. The van der Waals surface area contributed by atoms with Gasteiger partial charge in [0.25, 0.3) is 0 Å². The minimum Gasteiger partial charge on any atom is -0.507 e. The summed E-state index contributed by atoms with van der Waals surface area (Å²) in [7, 11) is 0. The SMILES string of the molecule is CC(C)COC(=O)C(C#N)=C1Sc2c(O)ccc(O)c2S1. The van der Waals surface area contributed by atoms with Crippen LogP contribution in [0.3, 0.4) is 0 Å². The van der Waals surface area contributed by atoms with Crippen LogP contribution in [-0.2, 0) is 9.53 Å². The second kappa shape index (κ2) is 6.33. The molecule has 0 aliphatic carbocycles. The molecule has 1 aliphatic heterocycles. The Morgan fingerprint density at radius 3 is 2.24 bits per heavy atom. The van der Waals surface area contributed by atoms with Crippen molar-refractivity contribution in [3.05, 3.63) is 21.9 Å². The highest BCUT2D eigenvalue weighted by molar-refractivity contribution is 8.24. The number of nitrogens with zero attached hydrogens (tertiary/aromatic N) is 1. The summed E-state index contributed by atoms with van der Waals surface area (Å²) < 4.78 is 5.46. The Morgan fingerprint density at radius 2 is 1.81 bits per heavy atom. The minimum atomic E-state index is -0.687. The molecule has 2 N–H and O–H groups in total. The zero-order valence-electron chi connectivity index (χ0n) is 11.4. The first kappa shape index (κ1) is 15.6. The highest BCUT2D eigenvalue weighted by Gasteiger charge is 2.29. The van der Waals surface area contributed by atoms with E-state index in [1.165, 1.54) is 12.1 Å². The number of esters is 1. The van der Waals surface area contributed by atoms with Crippen molar-refractivity contribution < 1.29 is 19.7 Å². The zero-order valence-corrected chi connectivity index (χ0v) is 13.0. The highest BCUT2D eigenvalue weighted by atomic mass is 32.2. The van der Waals surface area contributed by atoms with Crippen LogP contribution in [0.25, 0.3) is 0 Å². The number of phenols is 2. The molecule has 1 aromatic rings. The molecular weight excluding hydrogens is 310 g/mol. The fraction of sp³-hybridized carbons (Fsp3) is 0.286. The lowest BCUT2D eigenvalue weighted by Gasteiger charge is -2.07. The largest absolute Gasteiger partial charge is 0.507 e. The molecule has 110 valence electrons. The Bertz CT molecular complexity index is 629. The molecule has 1 heterocycles. The first-order valence-corrected chi connectivity index (χ1v) is 7.79. The van der Waals surface area contributed by atoms with E-state index in [9.17, 15) is 20.3 Å².